The van der Waals surface area contributed by atoms with E-state index in [1.54, 1.807) is 0 Å². The lowest BCUT2D eigenvalue weighted by molar-refractivity contribution is 0.277. The Kier molecular flexibility index (Phi) is 4.85. The lowest BCUT2D eigenvalue weighted by Crippen LogP contribution is -2.34. The van der Waals surface area contributed by atoms with Crippen LogP contribution in [0.1, 0.15) is 26.7 Å². The topological polar surface area (TPSA) is 63.4 Å². The summed E-state index contributed by atoms with van der Waals surface area (Å²) in [7, 11) is 0. The summed E-state index contributed by atoms with van der Waals surface area (Å²) < 4.78 is 5.40. The van der Waals surface area contributed by atoms with Crippen molar-refractivity contribution in [2.45, 2.75) is 32.7 Å². The highest BCUT2D eigenvalue weighted by molar-refractivity contribution is 5.53. The maximum Gasteiger partial charge on any atom is 0.239 e. The van der Waals surface area contributed by atoms with E-state index in [1.807, 2.05) is 19.1 Å². The van der Waals surface area contributed by atoms with Crippen molar-refractivity contribution >= 4 is 11.5 Å². The largest absolute Gasteiger partial charge is 0.476 e. The fraction of sp³-hybridized carbons (Fsp3) is 0.643. The van der Waals surface area contributed by atoms with Crippen LogP contribution in [0.15, 0.2) is 12.1 Å². The molecule has 0 saturated carbocycles. The molecule has 5 nitrogen and oxygen atoms in total. The van der Waals surface area contributed by atoms with Gasteiger partial charge in [0.05, 0.1) is 12.3 Å². The normalized spacial score (nSPS) is 19.6. The number of ether oxygens (including phenoxy) is 1. The van der Waals surface area contributed by atoms with Gasteiger partial charge in [0.25, 0.3) is 0 Å². The first-order valence-electron chi connectivity index (χ1n) is 7.11. The van der Waals surface area contributed by atoms with Crippen LogP contribution in [0.4, 0.5) is 11.5 Å². The molecule has 1 saturated heterocycles. The fourth-order valence-corrected chi connectivity index (χ4v) is 2.57. The molecule has 1 aliphatic heterocycles. The second-order valence-corrected chi connectivity index (χ2v) is 4.83. The lowest BCUT2D eigenvalue weighted by atomic mass is 10.2. The maximum absolute atomic E-state index is 5.81. The van der Waals surface area contributed by atoms with Crippen molar-refractivity contribution in [3.05, 3.63) is 12.1 Å². The van der Waals surface area contributed by atoms with Gasteiger partial charge in [0.2, 0.25) is 5.88 Å². The van der Waals surface area contributed by atoms with E-state index in [4.69, 9.17) is 10.5 Å². The summed E-state index contributed by atoms with van der Waals surface area (Å²) in [6.45, 7) is 7.98. The van der Waals surface area contributed by atoms with E-state index < -0.39 is 0 Å². The van der Waals surface area contributed by atoms with E-state index in [-0.39, 0.29) is 0 Å². The molecule has 0 bridgehead atoms. The number of rotatable bonds is 6. The first-order valence-corrected chi connectivity index (χ1v) is 7.11. The summed E-state index contributed by atoms with van der Waals surface area (Å²) >= 11 is 0. The number of nitrogens with two attached hydrogens (primary N) is 1. The third kappa shape index (κ3) is 3.50. The van der Waals surface area contributed by atoms with Gasteiger partial charge in [-0.2, -0.15) is 4.98 Å². The zero-order chi connectivity index (χ0) is 13.7. The van der Waals surface area contributed by atoms with Crippen LogP contribution in [0.25, 0.3) is 0 Å². The number of anilines is 2. The lowest BCUT2D eigenvalue weighted by Gasteiger charge is -2.23. The Balaban J connectivity index is 1.93. The molecule has 1 fully saturated rings. The summed E-state index contributed by atoms with van der Waals surface area (Å²) in [5, 5.41) is 3.39. The van der Waals surface area contributed by atoms with Crippen molar-refractivity contribution in [1.82, 2.24) is 9.88 Å². The van der Waals surface area contributed by atoms with Crippen LogP contribution in [-0.2, 0) is 0 Å². The highest BCUT2D eigenvalue weighted by Crippen LogP contribution is 2.22. The van der Waals surface area contributed by atoms with E-state index in [2.05, 4.69) is 22.1 Å². The minimum Gasteiger partial charge on any atom is -0.476 e. The van der Waals surface area contributed by atoms with Gasteiger partial charge in [-0.1, -0.05) is 6.92 Å². The number of hydrogen-bond donors (Lipinski definition) is 2. The summed E-state index contributed by atoms with van der Waals surface area (Å²) in [5.74, 6) is 1.35. The molecular formula is C14H24N4O. The minimum absolute atomic E-state index is 0.520. The standard InChI is InChI=1S/C14H24N4O/c1-3-18-9-5-6-11(18)10-16-13-8-7-12(15)14(17-13)19-4-2/h7-8,11H,3-6,9-10,15H2,1-2H3,(H,16,17). The first-order chi connectivity index (χ1) is 9.24. The maximum atomic E-state index is 5.81. The van der Waals surface area contributed by atoms with Gasteiger partial charge in [0.1, 0.15) is 5.82 Å². The van der Waals surface area contributed by atoms with Crippen molar-refractivity contribution in [3.63, 3.8) is 0 Å². The van der Waals surface area contributed by atoms with Gasteiger partial charge in [0, 0.05) is 12.6 Å². The summed E-state index contributed by atoms with van der Waals surface area (Å²) in [5.41, 5.74) is 6.40. The van der Waals surface area contributed by atoms with Crippen LogP contribution >= 0.6 is 0 Å². The Bertz CT molecular complexity index is 410. The third-order valence-electron chi connectivity index (χ3n) is 3.59. The molecule has 106 valence electrons. The molecule has 1 aliphatic rings. The molecule has 2 rings (SSSR count). The zero-order valence-corrected chi connectivity index (χ0v) is 11.9. The predicted octanol–water partition coefficient (Wildman–Crippen LogP) is 1.96. The number of nitrogen functional groups attached to an aromatic ring is 1. The number of likely N-dealkylation sites (tertiary alicyclic amines) is 1. The Labute approximate surface area is 115 Å². The van der Waals surface area contributed by atoms with Crippen molar-refractivity contribution in [2.75, 3.05) is 37.3 Å². The molecule has 2 heterocycles. The number of hydrogen-bond acceptors (Lipinski definition) is 5. The summed E-state index contributed by atoms with van der Waals surface area (Å²) in [6.07, 6.45) is 2.55. The van der Waals surface area contributed by atoms with E-state index in [0.29, 0.717) is 24.2 Å². The Morgan fingerprint density at radius 1 is 1.47 bits per heavy atom. The highest BCUT2D eigenvalue weighted by Gasteiger charge is 2.22. The fourth-order valence-electron chi connectivity index (χ4n) is 2.57. The van der Waals surface area contributed by atoms with Gasteiger partial charge in [0.15, 0.2) is 0 Å². The SMILES string of the molecule is CCOc1nc(NCC2CCCN2CC)ccc1N. The van der Waals surface area contributed by atoms with E-state index in [9.17, 15) is 0 Å². The molecule has 1 unspecified atom stereocenters. The van der Waals surface area contributed by atoms with Crippen LogP contribution in [0.5, 0.6) is 5.88 Å². The predicted molar refractivity (Wildman–Crippen MR) is 78.6 cm³/mol. The summed E-state index contributed by atoms with van der Waals surface area (Å²) in [4.78, 5) is 6.90. The third-order valence-corrected chi connectivity index (χ3v) is 3.59. The quantitative estimate of drug-likeness (QED) is 0.822. The zero-order valence-electron chi connectivity index (χ0n) is 11.9. The van der Waals surface area contributed by atoms with Gasteiger partial charge in [-0.15, -0.1) is 0 Å². The van der Waals surface area contributed by atoms with Gasteiger partial charge in [-0.3, -0.25) is 4.90 Å². The van der Waals surface area contributed by atoms with E-state index in [1.165, 1.54) is 19.4 Å². The van der Waals surface area contributed by atoms with Crippen LogP contribution in [0.3, 0.4) is 0 Å². The van der Waals surface area contributed by atoms with Crippen molar-refractivity contribution in [1.29, 1.82) is 0 Å². The Morgan fingerprint density at radius 3 is 3.05 bits per heavy atom. The molecule has 0 aromatic carbocycles. The Hall–Kier alpha value is -1.49. The Morgan fingerprint density at radius 2 is 2.32 bits per heavy atom. The molecular weight excluding hydrogens is 240 g/mol. The van der Waals surface area contributed by atoms with Gasteiger partial charge >= 0.3 is 0 Å². The number of likely N-dealkylation sites (N-methyl/N-ethyl adjacent to an activating group) is 1. The molecule has 0 radical (unpaired) electrons. The van der Waals surface area contributed by atoms with Crippen LogP contribution in [0, 0.1) is 0 Å². The van der Waals surface area contributed by atoms with Crippen LogP contribution in [-0.4, -0.2) is 42.2 Å². The molecule has 1 atom stereocenters. The molecule has 0 amide bonds. The average molecular weight is 264 g/mol. The van der Waals surface area contributed by atoms with Gasteiger partial charge in [-0.25, -0.2) is 0 Å². The smallest absolute Gasteiger partial charge is 0.239 e. The van der Waals surface area contributed by atoms with E-state index >= 15 is 0 Å². The first kappa shape index (κ1) is 13.9. The number of nitrogens with one attached hydrogen (secondary N) is 1. The van der Waals surface area contributed by atoms with Crippen molar-refractivity contribution in [3.8, 4) is 5.88 Å². The highest BCUT2D eigenvalue weighted by atomic mass is 16.5. The summed E-state index contributed by atoms with van der Waals surface area (Å²) in [6, 6.07) is 4.36. The molecule has 1 aromatic heterocycles. The van der Waals surface area contributed by atoms with Crippen LogP contribution < -0.4 is 15.8 Å². The second kappa shape index (κ2) is 6.61. The number of nitrogens with zero attached hydrogens (tertiary/aromatic N) is 2. The molecule has 19 heavy (non-hydrogen) atoms. The second-order valence-electron chi connectivity index (χ2n) is 4.83. The number of pyridine rings is 1. The van der Waals surface area contributed by atoms with Gasteiger partial charge < -0.3 is 15.8 Å². The molecule has 0 spiro atoms. The molecule has 1 aromatic rings. The average Bonchev–Trinajstić information content (AvgIpc) is 2.87. The van der Waals surface area contributed by atoms with Crippen molar-refractivity contribution < 1.29 is 4.74 Å². The molecule has 5 heteroatoms. The monoisotopic (exact) mass is 264 g/mol. The van der Waals surface area contributed by atoms with Crippen LogP contribution in [0.2, 0.25) is 0 Å². The minimum atomic E-state index is 0.520. The van der Waals surface area contributed by atoms with E-state index in [0.717, 1.165) is 18.9 Å². The number of aromatic nitrogens is 1. The molecule has 0 aliphatic carbocycles. The van der Waals surface area contributed by atoms with Crippen molar-refractivity contribution in [2.24, 2.45) is 0 Å². The van der Waals surface area contributed by atoms with Gasteiger partial charge in [-0.05, 0) is 45.0 Å². The molecule has 3 N–H and O–H groups in total.